The van der Waals surface area contributed by atoms with E-state index in [9.17, 15) is 34.8 Å². The highest BCUT2D eigenvalue weighted by Gasteiger charge is 2.43. The van der Waals surface area contributed by atoms with Crippen LogP contribution in [0.15, 0.2) is 29.2 Å². The third-order valence-electron chi connectivity index (χ3n) is 5.86. The molecule has 38 heavy (non-hydrogen) atoms. The summed E-state index contributed by atoms with van der Waals surface area (Å²) in [5, 5.41) is 42.7. The first-order chi connectivity index (χ1) is 17.7. The van der Waals surface area contributed by atoms with E-state index in [4.69, 9.17) is 0 Å². The largest absolute Gasteiger partial charge is 0.480 e. The van der Waals surface area contributed by atoms with Crippen molar-refractivity contribution >= 4 is 29.7 Å². The number of rotatable bonds is 18. The van der Waals surface area contributed by atoms with Crippen LogP contribution in [-0.4, -0.2) is 78.6 Å². The van der Waals surface area contributed by atoms with Gasteiger partial charge in [-0.05, 0) is 56.1 Å². The van der Waals surface area contributed by atoms with Crippen LogP contribution in [0.4, 0.5) is 0 Å². The minimum atomic E-state index is -1.29. The zero-order valence-electron chi connectivity index (χ0n) is 23.5. The third-order valence-corrected chi connectivity index (χ3v) is 7.04. The average molecular weight is 556 g/mol. The van der Waals surface area contributed by atoms with Gasteiger partial charge in [0.15, 0.2) is 0 Å². The molecule has 1 aromatic rings. The Morgan fingerprint density at radius 1 is 0.789 bits per heavy atom. The maximum absolute atomic E-state index is 12.7. The van der Waals surface area contributed by atoms with Gasteiger partial charge in [0.25, 0.3) is 0 Å². The number of hydrogen-bond donors (Lipinski definition) is 5. The molecule has 0 bridgehead atoms. The van der Waals surface area contributed by atoms with Crippen molar-refractivity contribution in [2.24, 2.45) is 17.8 Å². The third kappa shape index (κ3) is 10.9. The Balaban J connectivity index is 3.81. The lowest BCUT2D eigenvalue weighted by atomic mass is 10.0. The van der Waals surface area contributed by atoms with Gasteiger partial charge in [0.2, 0.25) is 0 Å². The van der Waals surface area contributed by atoms with E-state index in [1.165, 1.54) is 21.9 Å². The highest BCUT2D eigenvalue weighted by Crippen LogP contribution is 2.32. The second kappa shape index (κ2) is 16.0. The lowest BCUT2D eigenvalue weighted by molar-refractivity contribution is -0.194. The van der Waals surface area contributed by atoms with Gasteiger partial charge in [-0.25, -0.2) is 5.43 Å². The molecule has 0 aliphatic rings. The zero-order chi connectivity index (χ0) is 29.2. The molecular formula is C27H45N3O7S. The summed E-state index contributed by atoms with van der Waals surface area (Å²) in [6.07, 6.45) is 0.452. The molecule has 0 spiro atoms. The number of nitrogens with one attached hydrogen (secondary N) is 1. The van der Waals surface area contributed by atoms with Crippen LogP contribution in [0.2, 0.25) is 0 Å². The lowest BCUT2D eigenvalue weighted by Gasteiger charge is -2.46. The molecule has 216 valence electrons. The standard InChI is InChI=1S/C27H45N3O7S/c1-16(2)12-21(25(32)33)28-30(23(27(36)37)14-18(5)6)29(22(26(34)35)13-17(3)4)24(15-31)38-20-10-8-19(7)9-11-20/h8-11,16-18,21-24,28,31H,12-15H2,1-7H3,(H,32,33)(H,34,35)(H,36,37)/t21-,22?,23+,24?/m0/s1. The van der Waals surface area contributed by atoms with E-state index in [0.717, 1.165) is 10.5 Å². The van der Waals surface area contributed by atoms with Gasteiger partial charge in [-0.15, -0.1) is 11.8 Å². The maximum Gasteiger partial charge on any atom is 0.323 e. The van der Waals surface area contributed by atoms with Gasteiger partial charge in [-0.2, -0.15) is 10.1 Å². The second-order valence-electron chi connectivity index (χ2n) is 10.9. The number of carbonyl (C=O) groups is 3. The lowest BCUT2D eigenvalue weighted by Crippen LogP contribution is -2.68. The molecular weight excluding hydrogens is 510 g/mol. The highest BCUT2D eigenvalue weighted by atomic mass is 32.2. The monoisotopic (exact) mass is 555 g/mol. The quantitative estimate of drug-likeness (QED) is 0.102. The first-order valence-electron chi connectivity index (χ1n) is 13.0. The highest BCUT2D eigenvalue weighted by molar-refractivity contribution is 7.99. The fraction of sp³-hybridized carbons (Fsp3) is 0.667. The molecule has 0 saturated carbocycles. The Morgan fingerprint density at radius 2 is 1.26 bits per heavy atom. The van der Waals surface area contributed by atoms with Crippen LogP contribution >= 0.6 is 11.8 Å². The molecule has 11 heteroatoms. The number of aliphatic carboxylic acids is 3. The predicted molar refractivity (Wildman–Crippen MR) is 147 cm³/mol. The minimum absolute atomic E-state index is 0.0335. The molecule has 5 N–H and O–H groups in total. The van der Waals surface area contributed by atoms with Crippen LogP contribution in [0.5, 0.6) is 0 Å². The first kappa shape index (κ1) is 33.8. The average Bonchev–Trinajstić information content (AvgIpc) is 2.80. The number of thioether (sulfide) groups is 1. The molecule has 0 aromatic heterocycles. The molecule has 0 aliphatic heterocycles. The normalized spacial score (nSPS) is 15.3. The van der Waals surface area contributed by atoms with Crippen molar-refractivity contribution in [1.82, 2.24) is 15.6 Å². The molecule has 2 unspecified atom stereocenters. The van der Waals surface area contributed by atoms with Crippen LogP contribution in [0.1, 0.15) is 66.4 Å². The van der Waals surface area contributed by atoms with Crippen molar-refractivity contribution in [1.29, 1.82) is 0 Å². The summed E-state index contributed by atoms with van der Waals surface area (Å²) in [6.45, 7) is 12.5. The molecule has 0 amide bonds. The van der Waals surface area contributed by atoms with E-state index in [0.29, 0.717) is 0 Å². The molecule has 1 rings (SSSR count). The number of benzene rings is 1. The summed E-state index contributed by atoms with van der Waals surface area (Å²) in [4.78, 5) is 38.2. The van der Waals surface area contributed by atoms with Crippen LogP contribution in [0.3, 0.4) is 0 Å². The van der Waals surface area contributed by atoms with Crippen molar-refractivity contribution in [3.63, 3.8) is 0 Å². The summed E-state index contributed by atoms with van der Waals surface area (Å²) < 4.78 is 0. The van der Waals surface area contributed by atoms with Crippen LogP contribution in [0, 0.1) is 24.7 Å². The molecule has 0 fully saturated rings. The van der Waals surface area contributed by atoms with Crippen molar-refractivity contribution in [3.8, 4) is 0 Å². The van der Waals surface area contributed by atoms with E-state index in [1.54, 1.807) is 0 Å². The topological polar surface area (TPSA) is 151 Å². The molecule has 0 saturated heterocycles. The fourth-order valence-electron chi connectivity index (χ4n) is 4.12. The van der Waals surface area contributed by atoms with Gasteiger partial charge in [-0.1, -0.05) is 59.2 Å². The van der Waals surface area contributed by atoms with E-state index >= 15 is 0 Å². The van der Waals surface area contributed by atoms with Crippen LogP contribution < -0.4 is 5.43 Å². The summed E-state index contributed by atoms with van der Waals surface area (Å²) in [5.74, 6) is -3.81. The number of aliphatic hydroxyl groups excluding tert-OH is 1. The van der Waals surface area contributed by atoms with E-state index < -0.39 is 48.0 Å². The van der Waals surface area contributed by atoms with Crippen LogP contribution in [0.25, 0.3) is 0 Å². The summed E-state index contributed by atoms with van der Waals surface area (Å²) >= 11 is 1.19. The van der Waals surface area contributed by atoms with Crippen molar-refractivity contribution in [3.05, 3.63) is 29.8 Å². The second-order valence-corrected chi connectivity index (χ2v) is 12.2. The van der Waals surface area contributed by atoms with Crippen molar-refractivity contribution in [2.45, 2.75) is 96.1 Å². The van der Waals surface area contributed by atoms with Gasteiger partial charge in [0, 0.05) is 4.90 Å². The Hall–Kier alpha value is -2.18. The van der Waals surface area contributed by atoms with Gasteiger partial charge < -0.3 is 20.4 Å². The molecule has 0 heterocycles. The predicted octanol–water partition coefficient (Wildman–Crippen LogP) is 3.93. The summed E-state index contributed by atoms with van der Waals surface area (Å²) in [7, 11) is 0. The minimum Gasteiger partial charge on any atom is -0.480 e. The molecule has 0 radical (unpaired) electrons. The molecule has 10 nitrogen and oxygen atoms in total. The Bertz CT molecular complexity index is 895. The van der Waals surface area contributed by atoms with E-state index in [1.807, 2.05) is 72.7 Å². The Kier molecular flexibility index (Phi) is 14.3. The van der Waals surface area contributed by atoms with Gasteiger partial charge in [0.05, 0.1) is 12.0 Å². The number of hydrazine groups is 2. The van der Waals surface area contributed by atoms with Crippen molar-refractivity contribution < 1.29 is 34.8 Å². The van der Waals surface area contributed by atoms with Crippen molar-refractivity contribution in [2.75, 3.05) is 6.61 Å². The summed E-state index contributed by atoms with van der Waals surface area (Å²) in [5.41, 5.74) is 3.91. The number of carboxylic acids is 3. The Morgan fingerprint density at radius 3 is 1.66 bits per heavy atom. The summed E-state index contributed by atoms with van der Waals surface area (Å²) in [6, 6.07) is 3.77. The molecule has 0 aliphatic carbocycles. The Labute approximate surface area is 230 Å². The van der Waals surface area contributed by atoms with Gasteiger partial charge >= 0.3 is 17.9 Å². The number of hydrogen-bond acceptors (Lipinski definition) is 8. The number of aryl methyl sites for hydroxylation is 1. The van der Waals surface area contributed by atoms with Gasteiger partial charge in [0.1, 0.15) is 18.1 Å². The zero-order valence-corrected chi connectivity index (χ0v) is 24.3. The molecule has 4 atom stereocenters. The number of aliphatic hydroxyl groups is 1. The van der Waals surface area contributed by atoms with Crippen LogP contribution in [-0.2, 0) is 14.4 Å². The SMILES string of the molecule is Cc1ccc(SC(CO)N(C(CC(C)C)C(=O)O)N(N[C@@H](CC(C)C)C(=O)O)[C@H](CC(C)C)C(=O)O)cc1. The number of carboxylic acid groups (broad SMARTS) is 3. The maximum atomic E-state index is 12.7. The first-order valence-corrected chi connectivity index (χ1v) is 13.9. The van der Waals surface area contributed by atoms with E-state index in [2.05, 4.69) is 5.43 Å². The smallest absolute Gasteiger partial charge is 0.323 e. The van der Waals surface area contributed by atoms with Gasteiger partial charge in [-0.3, -0.25) is 14.4 Å². The number of nitrogens with zero attached hydrogens (tertiary/aromatic N) is 2. The fourth-order valence-corrected chi connectivity index (χ4v) is 5.15. The van der Waals surface area contributed by atoms with E-state index in [-0.39, 0.29) is 37.0 Å². The molecule has 1 aromatic carbocycles.